The van der Waals surface area contributed by atoms with Crippen molar-refractivity contribution >= 4 is 15.9 Å². The van der Waals surface area contributed by atoms with Gasteiger partial charge in [0.2, 0.25) is 0 Å². The monoisotopic (exact) mass is 274 g/mol. The Morgan fingerprint density at radius 3 is 2.80 bits per heavy atom. The van der Waals surface area contributed by atoms with Crippen LogP contribution in [-0.4, -0.2) is 22.9 Å². The molecule has 0 saturated heterocycles. The molecule has 0 aliphatic heterocycles. The first-order chi connectivity index (χ1) is 7.17. The number of hydrogen-bond acceptors (Lipinski definition) is 3. The largest absolute Gasteiger partial charge is 0.491 e. The fourth-order valence-electron chi connectivity index (χ4n) is 1.12. The molecule has 0 aliphatic carbocycles. The molecule has 0 bridgehead atoms. The van der Waals surface area contributed by atoms with Crippen molar-refractivity contribution in [1.82, 2.24) is 0 Å². The molecule has 0 amide bonds. The van der Waals surface area contributed by atoms with Gasteiger partial charge in [-0.05, 0) is 24.6 Å². The van der Waals surface area contributed by atoms with Gasteiger partial charge in [-0.15, -0.1) is 0 Å². The Kier molecular flexibility index (Phi) is 5.08. The van der Waals surface area contributed by atoms with E-state index in [1.54, 1.807) is 12.1 Å². The number of halogens is 1. The molecular weight excluding hydrogens is 260 g/mol. The van der Waals surface area contributed by atoms with E-state index in [2.05, 4.69) is 15.9 Å². The highest BCUT2D eigenvalue weighted by molar-refractivity contribution is 9.10. The SMILES string of the molecule is CCC(O)COc1ccc(Br)cc1CO. The molecule has 1 atom stereocenters. The zero-order valence-corrected chi connectivity index (χ0v) is 10.2. The third-order valence-corrected chi connectivity index (χ3v) is 2.59. The topological polar surface area (TPSA) is 49.7 Å². The molecular formula is C11H15BrO3. The van der Waals surface area contributed by atoms with Crippen molar-refractivity contribution in [3.05, 3.63) is 28.2 Å². The summed E-state index contributed by atoms with van der Waals surface area (Å²) in [6, 6.07) is 5.42. The molecule has 1 aromatic rings. The molecule has 4 heteroatoms. The average Bonchev–Trinajstić information content (AvgIpc) is 2.26. The van der Waals surface area contributed by atoms with E-state index in [0.29, 0.717) is 17.7 Å². The minimum atomic E-state index is -0.458. The second-order valence-corrected chi connectivity index (χ2v) is 4.20. The van der Waals surface area contributed by atoms with Gasteiger partial charge in [-0.2, -0.15) is 0 Å². The maximum absolute atomic E-state index is 9.34. The van der Waals surface area contributed by atoms with Gasteiger partial charge in [-0.3, -0.25) is 0 Å². The standard InChI is InChI=1S/C11H15BrO3/c1-2-10(14)7-15-11-4-3-9(12)5-8(11)6-13/h3-5,10,13-14H,2,6-7H2,1H3. The van der Waals surface area contributed by atoms with Crippen LogP contribution in [0.25, 0.3) is 0 Å². The van der Waals surface area contributed by atoms with Crippen molar-refractivity contribution in [2.24, 2.45) is 0 Å². The normalized spacial score (nSPS) is 12.5. The predicted octanol–water partition coefficient (Wildman–Crippen LogP) is 2.09. The van der Waals surface area contributed by atoms with Crippen molar-refractivity contribution in [2.45, 2.75) is 26.1 Å². The first-order valence-corrected chi connectivity index (χ1v) is 5.66. The lowest BCUT2D eigenvalue weighted by atomic mass is 10.2. The summed E-state index contributed by atoms with van der Waals surface area (Å²) in [6.45, 7) is 2.07. The number of benzene rings is 1. The molecule has 2 N–H and O–H groups in total. The maximum atomic E-state index is 9.34. The first-order valence-electron chi connectivity index (χ1n) is 4.87. The van der Waals surface area contributed by atoms with Crippen LogP contribution in [0.2, 0.25) is 0 Å². The second kappa shape index (κ2) is 6.10. The van der Waals surface area contributed by atoms with Crippen LogP contribution in [0, 0.1) is 0 Å². The Hall–Kier alpha value is -0.580. The highest BCUT2D eigenvalue weighted by Gasteiger charge is 2.06. The third-order valence-electron chi connectivity index (χ3n) is 2.10. The van der Waals surface area contributed by atoms with Crippen molar-refractivity contribution in [1.29, 1.82) is 0 Å². The minimum Gasteiger partial charge on any atom is -0.491 e. The number of rotatable bonds is 5. The van der Waals surface area contributed by atoms with E-state index in [1.165, 1.54) is 0 Å². The fraction of sp³-hybridized carbons (Fsp3) is 0.455. The van der Waals surface area contributed by atoms with Gasteiger partial charge in [0, 0.05) is 10.0 Å². The van der Waals surface area contributed by atoms with Crippen molar-refractivity contribution in [3.63, 3.8) is 0 Å². The molecule has 3 nitrogen and oxygen atoms in total. The van der Waals surface area contributed by atoms with E-state index in [-0.39, 0.29) is 13.2 Å². The number of aliphatic hydroxyl groups is 2. The summed E-state index contributed by atoms with van der Waals surface area (Å²) in [5.74, 6) is 0.619. The van der Waals surface area contributed by atoms with Crippen LogP contribution in [0.3, 0.4) is 0 Å². The molecule has 0 aliphatic rings. The van der Waals surface area contributed by atoms with Crippen LogP contribution in [0.15, 0.2) is 22.7 Å². The lowest BCUT2D eigenvalue weighted by molar-refractivity contribution is 0.103. The summed E-state index contributed by atoms with van der Waals surface area (Å²) in [5.41, 5.74) is 0.715. The van der Waals surface area contributed by atoms with Gasteiger partial charge in [0.15, 0.2) is 0 Å². The summed E-state index contributed by atoms with van der Waals surface area (Å²) in [5, 5.41) is 18.4. The Morgan fingerprint density at radius 2 is 2.20 bits per heavy atom. The van der Waals surface area contributed by atoms with E-state index in [9.17, 15) is 5.11 Å². The maximum Gasteiger partial charge on any atom is 0.125 e. The van der Waals surface area contributed by atoms with E-state index >= 15 is 0 Å². The Bertz CT molecular complexity index is 315. The average molecular weight is 275 g/mol. The second-order valence-electron chi connectivity index (χ2n) is 3.28. The summed E-state index contributed by atoms with van der Waals surface area (Å²) in [6.07, 6.45) is 0.200. The molecule has 0 spiro atoms. The number of ether oxygens (including phenoxy) is 1. The van der Waals surface area contributed by atoms with Gasteiger partial charge in [-0.25, -0.2) is 0 Å². The van der Waals surface area contributed by atoms with Crippen molar-refractivity contribution in [2.75, 3.05) is 6.61 Å². The van der Waals surface area contributed by atoms with Crippen LogP contribution in [-0.2, 0) is 6.61 Å². The number of hydrogen-bond donors (Lipinski definition) is 2. The van der Waals surface area contributed by atoms with E-state index in [4.69, 9.17) is 9.84 Å². The quantitative estimate of drug-likeness (QED) is 0.865. The van der Waals surface area contributed by atoms with Crippen LogP contribution in [0.4, 0.5) is 0 Å². The molecule has 0 heterocycles. The van der Waals surface area contributed by atoms with E-state index < -0.39 is 6.10 Å². The van der Waals surface area contributed by atoms with Crippen LogP contribution >= 0.6 is 15.9 Å². The lowest BCUT2D eigenvalue weighted by Gasteiger charge is -2.13. The molecule has 1 rings (SSSR count). The Morgan fingerprint density at radius 1 is 1.47 bits per heavy atom. The van der Waals surface area contributed by atoms with E-state index in [0.717, 1.165) is 4.47 Å². The van der Waals surface area contributed by atoms with Crippen LogP contribution < -0.4 is 4.74 Å². The van der Waals surface area contributed by atoms with Gasteiger partial charge >= 0.3 is 0 Å². The van der Waals surface area contributed by atoms with E-state index in [1.807, 2.05) is 13.0 Å². The zero-order valence-electron chi connectivity index (χ0n) is 8.61. The van der Waals surface area contributed by atoms with Gasteiger partial charge in [0.05, 0.1) is 12.7 Å². The smallest absolute Gasteiger partial charge is 0.125 e. The first kappa shape index (κ1) is 12.5. The summed E-state index contributed by atoms with van der Waals surface area (Å²) < 4.78 is 6.30. The van der Waals surface area contributed by atoms with Crippen LogP contribution in [0.1, 0.15) is 18.9 Å². The summed E-state index contributed by atoms with van der Waals surface area (Å²) in [4.78, 5) is 0. The molecule has 0 aromatic heterocycles. The third kappa shape index (κ3) is 3.81. The minimum absolute atomic E-state index is 0.0724. The Labute approximate surface area is 97.8 Å². The van der Waals surface area contributed by atoms with Crippen molar-refractivity contribution in [3.8, 4) is 5.75 Å². The van der Waals surface area contributed by atoms with Gasteiger partial charge in [-0.1, -0.05) is 22.9 Å². The molecule has 1 aromatic carbocycles. The highest BCUT2D eigenvalue weighted by Crippen LogP contribution is 2.23. The molecule has 1 unspecified atom stereocenters. The molecule has 15 heavy (non-hydrogen) atoms. The molecule has 84 valence electrons. The van der Waals surface area contributed by atoms with Gasteiger partial charge < -0.3 is 14.9 Å². The summed E-state index contributed by atoms with van der Waals surface area (Å²) >= 11 is 3.31. The Balaban J connectivity index is 2.67. The van der Waals surface area contributed by atoms with Crippen LogP contribution in [0.5, 0.6) is 5.75 Å². The fourth-order valence-corrected chi connectivity index (χ4v) is 1.52. The highest BCUT2D eigenvalue weighted by atomic mass is 79.9. The van der Waals surface area contributed by atoms with Crippen molar-refractivity contribution < 1.29 is 14.9 Å². The molecule has 0 fully saturated rings. The number of aliphatic hydroxyl groups excluding tert-OH is 2. The molecule has 0 radical (unpaired) electrons. The predicted molar refractivity (Wildman–Crippen MR) is 61.9 cm³/mol. The summed E-state index contributed by atoms with van der Waals surface area (Å²) in [7, 11) is 0. The zero-order chi connectivity index (χ0) is 11.3. The molecule has 0 saturated carbocycles. The lowest BCUT2D eigenvalue weighted by Crippen LogP contribution is -2.16. The van der Waals surface area contributed by atoms with Gasteiger partial charge in [0.1, 0.15) is 12.4 Å². The van der Waals surface area contributed by atoms with Gasteiger partial charge in [0.25, 0.3) is 0 Å².